The Morgan fingerprint density at radius 2 is 1.78 bits per heavy atom. The van der Waals surface area contributed by atoms with Crippen molar-refractivity contribution >= 4 is 28.7 Å². The van der Waals surface area contributed by atoms with Crippen LogP contribution in [0, 0.1) is 13.8 Å². The van der Waals surface area contributed by atoms with Crippen LogP contribution < -0.4 is 15.1 Å². The van der Waals surface area contributed by atoms with Gasteiger partial charge in [0.15, 0.2) is 5.11 Å². The molecule has 2 aliphatic heterocycles. The smallest absolute Gasteiger partial charge is 0.174 e. The summed E-state index contributed by atoms with van der Waals surface area (Å²) in [6, 6.07) is 20.9. The van der Waals surface area contributed by atoms with Crippen LogP contribution in [0.4, 0.5) is 11.4 Å². The molecular weight excluding hydrogens is 482 g/mol. The Balaban J connectivity index is 1.39. The molecule has 6 rings (SSSR count). The number of hydrogen-bond acceptors (Lipinski definition) is 5. The molecule has 1 aromatic carbocycles. The highest BCUT2D eigenvalue weighted by Gasteiger charge is 2.42. The molecule has 0 bridgehead atoms. The van der Waals surface area contributed by atoms with Gasteiger partial charge in [-0.3, -0.25) is 4.98 Å². The van der Waals surface area contributed by atoms with E-state index in [9.17, 15) is 0 Å². The number of anilines is 2. The minimum absolute atomic E-state index is 0.0480. The number of nitrogens with one attached hydrogen (secondary N) is 1. The monoisotopic (exact) mass is 513 g/mol. The second-order valence-electron chi connectivity index (χ2n) is 9.60. The lowest BCUT2D eigenvalue weighted by atomic mass is 9.96. The van der Waals surface area contributed by atoms with Gasteiger partial charge in [-0.1, -0.05) is 6.07 Å². The molecule has 8 heteroatoms. The Morgan fingerprint density at radius 3 is 2.49 bits per heavy atom. The van der Waals surface area contributed by atoms with Crippen molar-refractivity contribution in [2.75, 3.05) is 36.1 Å². The summed E-state index contributed by atoms with van der Waals surface area (Å²) in [6.45, 7) is 8.38. The first kappa shape index (κ1) is 23.8. The number of ether oxygens (including phenoxy) is 1. The number of thiocarbonyl (C=S) groups is 1. The number of nitrogens with zero attached hydrogens (tertiary/aromatic N) is 4. The second kappa shape index (κ2) is 10.0. The van der Waals surface area contributed by atoms with Gasteiger partial charge in [-0.25, -0.2) is 0 Å². The maximum atomic E-state index is 5.95. The van der Waals surface area contributed by atoms with Crippen LogP contribution in [0.5, 0.6) is 0 Å². The minimum atomic E-state index is -0.0785. The van der Waals surface area contributed by atoms with Crippen LogP contribution in [0.2, 0.25) is 0 Å². The first-order chi connectivity index (χ1) is 18.1. The van der Waals surface area contributed by atoms with Crippen LogP contribution in [0.25, 0.3) is 0 Å². The van der Waals surface area contributed by atoms with Crippen molar-refractivity contribution in [3.8, 4) is 0 Å². The van der Waals surface area contributed by atoms with Crippen LogP contribution in [-0.4, -0.2) is 41.0 Å². The summed E-state index contributed by atoms with van der Waals surface area (Å²) in [5.41, 5.74) is 6.85. The lowest BCUT2D eigenvalue weighted by molar-refractivity contribution is 0.122. The van der Waals surface area contributed by atoms with Crippen molar-refractivity contribution in [1.29, 1.82) is 0 Å². The Labute approximate surface area is 222 Å². The van der Waals surface area contributed by atoms with E-state index in [-0.39, 0.29) is 12.1 Å². The number of benzene rings is 1. The highest BCUT2D eigenvalue weighted by Crippen LogP contribution is 2.43. The van der Waals surface area contributed by atoms with E-state index in [1.54, 1.807) is 6.26 Å². The van der Waals surface area contributed by atoms with Crippen molar-refractivity contribution in [2.24, 2.45) is 0 Å². The molecule has 0 saturated carbocycles. The summed E-state index contributed by atoms with van der Waals surface area (Å²) in [5, 5.41) is 4.29. The lowest BCUT2D eigenvalue weighted by Gasteiger charge is -2.31. The van der Waals surface area contributed by atoms with Crippen LogP contribution in [0.15, 0.2) is 77.5 Å². The summed E-state index contributed by atoms with van der Waals surface area (Å²) < 4.78 is 13.5. The highest BCUT2D eigenvalue weighted by atomic mass is 32.1. The van der Waals surface area contributed by atoms with Gasteiger partial charge < -0.3 is 28.8 Å². The molecule has 0 spiro atoms. The summed E-state index contributed by atoms with van der Waals surface area (Å²) in [6.07, 6.45) is 3.57. The third-order valence-electron chi connectivity index (χ3n) is 7.43. The van der Waals surface area contributed by atoms with E-state index in [4.69, 9.17) is 26.4 Å². The van der Waals surface area contributed by atoms with Crippen molar-refractivity contribution < 1.29 is 9.15 Å². The summed E-state index contributed by atoms with van der Waals surface area (Å²) in [5.74, 6) is 0.935. The molecule has 2 fully saturated rings. The molecule has 0 amide bonds. The van der Waals surface area contributed by atoms with Gasteiger partial charge in [0.05, 0.1) is 43.8 Å². The highest BCUT2D eigenvalue weighted by molar-refractivity contribution is 7.80. The third-order valence-corrected chi connectivity index (χ3v) is 7.74. The van der Waals surface area contributed by atoms with Gasteiger partial charge in [0.1, 0.15) is 5.76 Å². The normalized spacial score (nSPS) is 19.9. The van der Waals surface area contributed by atoms with Crippen LogP contribution in [0.3, 0.4) is 0 Å². The number of aromatic nitrogens is 2. The maximum absolute atomic E-state index is 5.95. The molecule has 2 atom stereocenters. The van der Waals surface area contributed by atoms with Gasteiger partial charge >= 0.3 is 0 Å². The molecule has 4 aromatic rings. The standard InChI is InChI=1S/C29H31N5O2S/c1-20-18-25(21(2)33(20)19-24-6-5-15-36-24)28-27(26-7-3-4-12-30-26)31-29(37)34(28)23-10-8-22(9-11-23)32-13-16-35-17-14-32/h3-12,15,18,27-28H,13-14,16-17,19H2,1-2H3,(H,31,37)/t27-,28+/m0/s1. The molecule has 1 N–H and O–H groups in total. The largest absolute Gasteiger partial charge is 0.467 e. The zero-order chi connectivity index (χ0) is 25.4. The first-order valence-electron chi connectivity index (χ1n) is 12.7. The Hall–Kier alpha value is -3.62. The Morgan fingerprint density at radius 1 is 1.00 bits per heavy atom. The minimum Gasteiger partial charge on any atom is -0.467 e. The zero-order valence-corrected chi connectivity index (χ0v) is 21.9. The summed E-state index contributed by atoms with van der Waals surface area (Å²) >= 11 is 5.95. The van der Waals surface area contributed by atoms with Crippen molar-refractivity contribution in [2.45, 2.75) is 32.5 Å². The molecule has 190 valence electrons. The Kier molecular flexibility index (Phi) is 6.44. The number of pyridine rings is 1. The molecule has 37 heavy (non-hydrogen) atoms. The number of furan rings is 1. The van der Waals surface area contributed by atoms with E-state index in [2.05, 4.69) is 69.9 Å². The molecular formula is C29H31N5O2S. The molecule has 2 aliphatic rings. The van der Waals surface area contributed by atoms with E-state index < -0.39 is 0 Å². The average molecular weight is 514 g/mol. The molecule has 3 aromatic heterocycles. The second-order valence-corrected chi connectivity index (χ2v) is 9.99. The summed E-state index contributed by atoms with van der Waals surface area (Å²) in [4.78, 5) is 9.32. The van der Waals surface area contributed by atoms with E-state index in [0.29, 0.717) is 11.7 Å². The number of hydrogen-bond donors (Lipinski definition) is 1. The number of rotatable bonds is 6. The molecule has 5 heterocycles. The van der Waals surface area contributed by atoms with Crippen LogP contribution >= 0.6 is 12.2 Å². The van der Waals surface area contributed by atoms with E-state index >= 15 is 0 Å². The summed E-state index contributed by atoms with van der Waals surface area (Å²) in [7, 11) is 0. The number of aryl methyl sites for hydroxylation is 1. The maximum Gasteiger partial charge on any atom is 0.174 e. The zero-order valence-electron chi connectivity index (χ0n) is 21.1. The van der Waals surface area contributed by atoms with Crippen LogP contribution in [0.1, 0.15) is 40.5 Å². The van der Waals surface area contributed by atoms with Gasteiger partial charge in [-0.15, -0.1) is 0 Å². The van der Waals surface area contributed by atoms with Crippen molar-refractivity contribution in [3.05, 3.63) is 102 Å². The molecule has 0 aliphatic carbocycles. The van der Waals surface area contributed by atoms with E-state index in [0.717, 1.165) is 43.4 Å². The van der Waals surface area contributed by atoms with Crippen molar-refractivity contribution in [1.82, 2.24) is 14.9 Å². The fraction of sp³-hybridized carbons (Fsp3) is 0.310. The molecule has 0 radical (unpaired) electrons. The van der Waals surface area contributed by atoms with Gasteiger partial charge in [0.2, 0.25) is 0 Å². The van der Waals surface area contributed by atoms with Gasteiger partial charge in [-0.05, 0) is 86.2 Å². The van der Waals surface area contributed by atoms with Gasteiger partial charge in [-0.2, -0.15) is 0 Å². The van der Waals surface area contributed by atoms with Crippen LogP contribution in [-0.2, 0) is 11.3 Å². The van der Waals surface area contributed by atoms with Gasteiger partial charge in [0, 0.05) is 42.0 Å². The molecule has 0 unspecified atom stereocenters. The van der Waals surface area contributed by atoms with E-state index in [1.165, 1.54) is 22.6 Å². The first-order valence-corrected chi connectivity index (χ1v) is 13.1. The topological polar surface area (TPSA) is 58.7 Å². The van der Waals surface area contributed by atoms with E-state index in [1.807, 2.05) is 30.5 Å². The quantitative estimate of drug-likeness (QED) is 0.358. The predicted molar refractivity (Wildman–Crippen MR) is 149 cm³/mol. The fourth-order valence-electron chi connectivity index (χ4n) is 5.52. The molecule has 2 saturated heterocycles. The Bertz CT molecular complexity index is 1360. The predicted octanol–water partition coefficient (Wildman–Crippen LogP) is 5.15. The lowest BCUT2D eigenvalue weighted by Crippen LogP contribution is -2.36. The number of morpholine rings is 1. The van der Waals surface area contributed by atoms with Gasteiger partial charge in [0.25, 0.3) is 0 Å². The SMILES string of the molecule is Cc1cc([C@@H]2[C@H](c3ccccn3)NC(=S)N2c2ccc(N3CCOCC3)cc2)c(C)n1Cc1ccco1. The molecule has 7 nitrogen and oxygen atoms in total. The third kappa shape index (κ3) is 4.51. The fourth-order valence-corrected chi connectivity index (χ4v) is 5.87. The van der Waals surface area contributed by atoms with Crippen molar-refractivity contribution in [3.63, 3.8) is 0 Å². The average Bonchev–Trinajstić information content (AvgIpc) is 3.65.